The van der Waals surface area contributed by atoms with Crippen molar-refractivity contribution >= 4 is 5.91 Å². The predicted molar refractivity (Wildman–Crippen MR) is 116 cm³/mol. The molecule has 1 atom stereocenters. The van der Waals surface area contributed by atoms with Crippen LogP contribution in [0.3, 0.4) is 0 Å². The third-order valence-corrected chi connectivity index (χ3v) is 5.14. The highest BCUT2D eigenvalue weighted by Crippen LogP contribution is 2.22. The van der Waals surface area contributed by atoms with Crippen LogP contribution in [0.5, 0.6) is 5.75 Å². The molecule has 3 aromatic rings. The van der Waals surface area contributed by atoms with Gasteiger partial charge in [0.1, 0.15) is 11.8 Å². The van der Waals surface area contributed by atoms with Crippen LogP contribution in [0, 0.1) is 6.92 Å². The number of carbonyl (C=O) groups excluding carboxylic acids is 1. The van der Waals surface area contributed by atoms with Gasteiger partial charge in [0.2, 0.25) is 0 Å². The molecule has 3 rings (SSSR count). The molecule has 3 aromatic carbocycles. The zero-order valence-corrected chi connectivity index (χ0v) is 17.4. The molecule has 162 valence electrons. The molecular formula is C25H27F2N2O2+. The van der Waals surface area contributed by atoms with Crippen LogP contribution in [0.25, 0.3) is 0 Å². The Kier molecular flexibility index (Phi) is 8.12. The van der Waals surface area contributed by atoms with E-state index in [1.807, 2.05) is 47.8 Å². The quantitative estimate of drug-likeness (QED) is 0.522. The van der Waals surface area contributed by atoms with Crippen molar-refractivity contribution in [3.05, 3.63) is 101 Å². The molecule has 0 aliphatic heterocycles. The van der Waals surface area contributed by atoms with Crippen LogP contribution in [0.1, 0.15) is 28.3 Å². The van der Waals surface area contributed by atoms with Crippen molar-refractivity contribution in [2.24, 2.45) is 0 Å². The molecule has 1 amide bonds. The Morgan fingerprint density at radius 1 is 0.935 bits per heavy atom. The van der Waals surface area contributed by atoms with Gasteiger partial charge in [-0.3, -0.25) is 4.79 Å². The van der Waals surface area contributed by atoms with Crippen molar-refractivity contribution in [3.8, 4) is 5.75 Å². The SMILES string of the molecule is Cc1ccccc1CCNC(=O)C[NH2+][C@@H](c1ccccc1)c1ccc(OC(F)F)cc1. The fourth-order valence-electron chi connectivity index (χ4n) is 3.51. The summed E-state index contributed by atoms with van der Waals surface area (Å²) in [6, 6.07) is 24.3. The maximum absolute atomic E-state index is 12.4. The second-order valence-corrected chi connectivity index (χ2v) is 7.30. The maximum atomic E-state index is 12.4. The molecule has 3 N–H and O–H groups in total. The lowest BCUT2D eigenvalue weighted by Crippen LogP contribution is -2.87. The van der Waals surface area contributed by atoms with Crippen molar-refractivity contribution in [2.75, 3.05) is 13.1 Å². The Bertz CT molecular complexity index is 963. The summed E-state index contributed by atoms with van der Waals surface area (Å²) in [7, 11) is 0. The van der Waals surface area contributed by atoms with Crippen LogP contribution in [0.4, 0.5) is 8.78 Å². The summed E-state index contributed by atoms with van der Waals surface area (Å²) < 4.78 is 29.3. The topological polar surface area (TPSA) is 54.9 Å². The molecule has 0 unspecified atom stereocenters. The van der Waals surface area contributed by atoms with Gasteiger partial charge in [-0.05, 0) is 48.7 Å². The lowest BCUT2D eigenvalue weighted by Gasteiger charge is -2.17. The molecule has 4 nitrogen and oxygen atoms in total. The molecule has 0 bridgehead atoms. The fraction of sp³-hybridized carbons (Fsp3) is 0.240. The first kappa shape index (κ1) is 22.4. The second-order valence-electron chi connectivity index (χ2n) is 7.30. The summed E-state index contributed by atoms with van der Waals surface area (Å²) in [6.45, 7) is 0.0359. The summed E-state index contributed by atoms with van der Waals surface area (Å²) in [4.78, 5) is 12.4. The Balaban J connectivity index is 1.60. The van der Waals surface area contributed by atoms with Gasteiger partial charge in [-0.25, -0.2) is 0 Å². The standard InChI is InChI=1S/C25H26F2N2O2/c1-18-7-5-6-8-19(18)15-16-28-23(30)17-29-24(20-9-3-2-4-10-20)21-11-13-22(14-12-21)31-25(26)27/h2-14,24-25,29H,15-17H2,1H3,(H,28,30)/p+1/t24-/m0/s1. The number of ether oxygens (including phenoxy) is 1. The Labute approximate surface area is 181 Å². The van der Waals surface area contributed by atoms with Crippen LogP contribution < -0.4 is 15.4 Å². The van der Waals surface area contributed by atoms with Crippen LogP contribution >= 0.6 is 0 Å². The van der Waals surface area contributed by atoms with Gasteiger partial charge in [0, 0.05) is 17.7 Å². The molecule has 0 heterocycles. The number of rotatable bonds is 10. The minimum Gasteiger partial charge on any atom is -0.435 e. The van der Waals surface area contributed by atoms with Gasteiger partial charge in [0.15, 0.2) is 6.54 Å². The summed E-state index contributed by atoms with van der Waals surface area (Å²) in [5.74, 6) is 0.0617. The van der Waals surface area contributed by atoms with E-state index < -0.39 is 6.61 Å². The first-order valence-electron chi connectivity index (χ1n) is 10.3. The third-order valence-electron chi connectivity index (χ3n) is 5.14. The van der Waals surface area contributed by atoms with E-state index in [0.29, 0.717) is 6.54 Å². The van der Waals surface area contributed by atoms with Gasteiger partial charge in [-0.15, -0.1) is 0 Å². The van der Waals surface area contributed by atoms with Gasteiger partial charge >= 0.3 is 6.61 Å². The first-order chi connectivity index (χ1) is 15.0. The summed E-state index contributed by atoms with van der Waals surface area (Å²) in [5, 5.41) is 4.92. The number of halogens is 2. The van der Waals surface area contributed by atoms with E-state index in [-0.39, 0.29) is 24.2 Å². The number of benzene rings is 3. The van der Waals surface area contributed by atoms with Crippen LogP contribution in [-0.2, 0) is 11.2 Å². The minimum absolute atomic E-state index is 0.0489. The molecule has 0 fully saturated rings. The number of quaternary nitrogens is 1. The van der Waals surface area contributed by atoms with Crippen LogP contribution in [-0.4, -0.2) is 25.6 Å². The Morgan fingerprint density at radius 2 is 1.58 bits per heavy atom. The number of hydrogen-bond donors (Lipinski definition) is 2. The lowest BCUT2D eigenvalue weighted by molar-refractivity contribution is -0.676. The molecule has 0 radical (unpaired) electrons. The van der Waals surface area contributed by atoms with Crippen molar-refractivity contribution in [2.45, 2.75) is 26.0 Å². The van der Waals surface area contributed by atoms with E-state index in [2.05, 4.69) is 29.1 Å². The van der Waals surface area contributed by atoms with E-state index in [9.17, 15) is 13.6 Å². The van der Waals surface area contributed by atoms with Gasteiger partial charge in [0.25, 0.3) is 5.91 Å². The highest BCUT2D eigenvalue weighted by Gasteiger charge is 2.19. The maximum Gasteiger partial charge on any atom is 0.387 e. The summed E-state index contributed by atoms with van der Waals surface area (Å²) in [5.41, 5.74) is 4.37. The molecule has 31 heavy (non-hydrogen) atoms. The number of hydrogen-bond acceptors (Lipinski definition) is 2. The van der Waals surface area contributed by atoms with Crippen molar-refractivity contribution in [3.63, 3.8) is 0 Å². The van der Waals surface area contributed by atoms with Gasteiger partial charge in [-0.1, -0.05) is 54.6 Å². The average Bonchev–Trinajstić information content (AvgIpc) is 2.77. The molecule has 0 aliphatic rings. The molecule has 0 saturated heterocycles. The molecular weight excluding hydrogens is 398 g/mol. The molecule has 0 aromatic heterocycles. The Hall–Kier alpha value is -3.25. The number of carbonyl (C=O) groups is 1. The highest BCUT2D eigenvalue weighted by atomic mass is 19.3. The number of alkyl halides is 2. The minimum atomic E-state index is -2.86. The molecule has 0 aliphatic carbocycles. The smallest absolute Gasteiger partial charge is 0.387 e. The van der Waals surface area contributed by atoms with E-state index in [1.165, 1.54) is 23.3 Å². The third kappa shape index (κ3) is 6.89. The number of aryl methyl sites for hydroxylation is 1. The highest BCUT2D eigenvalue weighted by molar-refractivity contribution is 5.76. The average molecular weight is 425 g/mol. The van der Waals surface area contributed by atoms with Crippen LogP contribution in [0.15, 0.2) is 78.9 Å². The zero-order chi connectivity index (χ0) is 22.1. The lowest BCUT2D eigenvalue weighted by atomic mass is 9.98. The second kappa shape index (κ2) is 11.2. The van der Waals surface area contributed by atoms with Crippen LogP contribution in [0.2, 0.25) is 0 Å². The van der Waals surface area contributed by atoms with Gasteiger partial charge < -0.3 is 15.4 Å². The largest absolute Gasteiger partial charge is 0.435 e. The van der Waals surface area contributed by atoms with Crippen molar-refractivity contribution in [1.82, 2.24) is 5.32 Å². The van der Waals surface area contributed by atoms with E-state index in [0.717, 1.165) is 17.5 Å². The number of nitrogens with one attached hydrogen (secondary N) is 1. The summed E-state index contributed by atoms with van der Waals surface area (Å²) in [6.07, 6.45) is 0.784. The number of nitrogens with two attached hydrogens (primary N) is 1. The molecule has 6 heteroatoms. The normalized spacial score (nSPS) is 11.9. The van der Waals surface area contributed by atoms with Gasteiger partial charge in [0.05, 0.1) is 0 Å². The predicted octanol–water partition coefficient (Wildman–Crippen LogP) is 3.61. The monoisotopic (exact) mass is 425 g/mol. The Morgan fingerprint density at radius 3 is 2.26 bits per heavy atom. The fourth-order valence-corrected chi connectivity index (χ4v) is 3.51. The van der Waals surface area contributed by atoms with E-state index in [1.54, 1.807) is 12.1 Å². The van der Waals surface area contributed by atoms with Gasteiger partial charge in [-0.2, -0.15) is 8.78 Å². The van der Waals surface area contributed by atoms with E-state index in [4.69, 9.17) is 0 Å². The van der Waals surface area contributed by atoms with Crippen molar-refractivity contribution < 1.29 is 23.6 Å². The summed E-state index contributed by atoms with van der Waals surface area (Å²) >= 11 is 0. The number of amides is 1. The van der Waals surface area contributed by atoms with Crippen molar-refractivity contribution in [1.29, 1.82) is 0 Å². The molecule has 0 spiro atoms. The zero-order valence-electron chi connectivity index (χ0n) is 17.4. The van der Waals surface area contributed by atoms with E-state index >= 15 is 0 Å². The first-order valence-corrected chi connectivity index (χ1v) is 10.3. The molecule has 0 saturated carbocycles.